The molecule has 0 aliphatic heterocycles. The van der Waals surface area contributed by atoms with Crippen LogP contribution in [0.1, 0.15) is 178 Å². The lowest BCUT2D eigenvalue weighted by molar-refractivity contribution is 0.0694. The van der Waals surface area contributed by atoms with Crippen LogP contribution in [0.4, 0.5) is 0 Å². The van der Waals surface area contributed by atoms with Gasteiger partial charge in [0.15, 0.2) is 0 Å². The number of hydrogen-bond donors (Lipinski definition) is 2. The van der Waals surface area contributed by atoms with Crippen LogP contribution in [-0.4, -0.2) is 29.4 Å². The summed E-state index contributed by atoms with van der Waals surface area (Å²) in [5.41, 5.74) is 1.68. The van der Waals surface area contributed by atoms with Crippen LogP contribution >= 0.6 is 0 Å². The summed E-state index contributed by atoms with van der Waals surface area (Å²) in [4.78, 5) is 12.2. The highest BCUT2D eigenvalue weighted by atomic mass is 16.5. The van der Waals surface area contributed by atoms with E-state index in [9.17, 15) is 15.0 Å². The Morgan fingerprint density at radius 1 is 0.692 bits per heavy atom. The van der Waals surface area contributed by atoms with Crippen molar-refractivity contribution >= 4 is 5.97 Å². The fraction of sp³-hybridized carbons (Fsp3) is 0.800. The maximum absolute atomic E-state index is 12.2. The summed E-state index contributed by atoms with van der Waals surface area (Å²) in [7, 11) is 0. The zero-order chi connectivity index (χ0) is 29.3. The summed E-state index contributed by atoms with van der Waals surface area (Å²) in [5, 5.41) is 21.1. The molecule has 0 aliphatic rings. The molecule has 226 valence electrons. The van der Waals surface area contributed by atoms with Gasteiger partial charge in [-0.2, -0.15) is 0 Å². The Labute approximate surface area is 241 Å². The molecule has 1 aromatic carbocycles. The minimum absolute atomic E-state index is 0.229. The van der Waals surface area contributed by atoms with Gasteiger partial charge in [-0.05, 0) is 35.3 Å². The first-order valence-electron chi connectivity index (χ1n) is 16.1. The van der Waals surface area contributed by atoms with Crippen molar-refractivity contribution in [3.63, 3.8) is 0 Å². The van der Waals surface area contributed by atoms with E-state index in [0.717, 1.165) is 12.0 Å². The Morgan fingerprint density at radius 3 is 1.51 bits per heavy atom. The second-order valence-electron chi connectivity index (χ2n) is 13.6. The van der Waals surface area contributed by atoms with Crippen molar-refractivity contribution in [2.45, 2.75) is 168 Å². The van der Waals surface area contributed by atoms with Crippen molar-refractivity contribution in [1.29, 1.82) is 0 Å². The molecule has 0 radical (unpaired) electrons. The van der Waals surface area contributed by atoms with Crippen LogP contribution in [0.3, 0.4) is 0 Å². The van der Waals surface area contributed by atoms with Gasteiger partial charge in [-0.25, -0.2) is 4.79 Å². The summed E-state index contributed by atoms with van der Waals surface area (Å²) >= 11 is 0. The van der Waals surface area contributed by atoms with Crippen molar-refractivity contribution in [3.05, 3.63) is 28.3 Å². The molecule has 0 saturated carbocycles. The number of aromatic carboxylic acids is 1. The highest BCUT2D eigenvalue weighted by Gasteiger charge is 2.31. The Balaban J connectivity index is 2.29. The van der Waals surface area contributed by atoms with E-state index in [1.807, 2.05) is 41.5 Å². The van der Waals surface area contributed by atoms with Gasteiger partial charge in [-0.3, -0.25) is 0 Å². The quantitative estimate of drug-likeness (QED) is 0.150. The van der Waals surface area contributed by atoms with Crippen molar-refractivity contribution in [1.82, 2.24) is 0 Å². The van der Waals surface area contributed by atoms with Gasteiger partial charge in [0.05, 0.1) is 12.2 Å². The van der Waals surface area contributed by atoms with Crippen LogP contribution in [-0.2, 0) is 22.0 Å². The third-order valence-electron chi connectivity index (χ3n) is 7.83. The number of carboxylic acid groups (broad SMARTS) is 1. The van der Waals surface area contributed by atoms with Crippen LogP contribution in [0.25, 0.3) is 0 Å². The molecule has 0 aromatic heterocycles. The zero-order valence-electron chi connectivity index (χ0n) is 26.7. The summed E-state index contributed by atoms with van der Waals surface area (Å²) < 4.78 is 5.92. The number of benzene rings is 1. The lowest BCUT2D eigenvalue weighted by atomic mass is 9.75. The molecule has 0 unspecified atom stereocenters. The standard InChI is InChI=1S/C35H62O4/c1-8-9-10-11-12-13-14-15-16-17-18-19-20-21-22-23-25-39-26-24-28-29(33(37)38)27-30(34(2,3)4)32(36)31(28)35(5,6)7/h27,36H,8-26H2,1-7H3,(H,37,38). The van der Waals surface area contributed by atoms with Crippen molar-refractivity contribution in [3.8, 4) is 5.75 Å². The van der Waals surface area contributed by atoms with Gasteiger partial charge in [0.1, 0.15) is 5.75 Å². The van der Waals surface area contributed by atoms with Gasteiger partial charge < -0.3 is 14.9 Å². The largest absolute Gasteiger partial charge is 0.507 e. The zero-order valence-corrected chi connectivity index (χ0v) is 26.7. The maximum atomic E-state index is 12.2. The van der Waals surface area contributed by atoms with Gasteiger partial charge >= 0.3 is 5.97 Å². The van der Waals surface area contributed by atoms with Crippen LogP contribution in [0.5, 0.6) is 5.75 Å². The predicted octanol–water partition coefficient (Wildman–Crippen LogP) is 10.5. The first-order chi connectivity index (χ1) is 18.4. The SMILES string of the molecule is CCCCCCCCCCCCCCCCCCOCCc1c(C(=O)O)cc(C(C)(C)C)c(O)c1C(C)(C)C. The van der Waals surface area contributed by atoms with Crippen LogP contribution < -0.4 is 0 Å². The number of rotatable bonds is 21. The molecule has 0 saturated heterocycles. The molecule has 0 spiro atoms. The van der Waals surface area contributed by atoms with Gasteiger partial charge in [0, 0.05) is 17.7 Å². The lowest BCUT2D eigenvalue weighted by Crippen LogP contribution is -2.23. The molecule has 0 bridgehead atoms. The van der Waals surface area contributed by atoms with E-state index >= 15 is 0 Å². The highest BCUT2D eigenvalue weighted by Crippen LogP contribution is 2.42. The van der Waals surface area contributed by atoms with E-state index in [-0.39, 0.29) is 22.1 Å². The third kappa shape index (κ3) is 14.1. The molecular formula is C35H62O4. The van der Waals surface area contributed by atoms with E-state index in [1.54, 1.807) is 6.07 Å². The van der Waals surface area contributed by atoms with Crippen LogP contribution in [0.2, 0.25) is 0 Å². The van der Waals surface area contributed by atoms with E-state index in [1.165, 1.54) is 96.3 Å². The Morgan fingerprint density at radius 2 is 1.13 bits per heavy atom. The number of aromatic hydroxyl groups is 1. The fourth-order valence-corrected chi connectivity index (χ4v) is 5.57. The molecule has 39 heavy (non-hydrogen) atoms. The summed E-state index contributed by atoms with van der Waals surface area (Å²) in [6.45, 7) is 15.5. The van der Waals surface area contributed by atoms with Crippen LogP contribution in [0.15, 0.2) is 6.07 Å². The highest BCUT2D eigenvalue weighted by molar-refractivity contribution is 5.91. The van der Waals surface area contributed by atoms with Crippen molar-refractivity contribution < 1.29 is 19.7 Å². The summed E-state index contributed by atoms with van der Waals surface area (Å²) in [6, 6.07) is 1.66. The Hall–Kier alpha value is -1.55. The minimum Gasteiger partial charge on any atom is -0.507 e. The molecule has 0 amide bonds. The molecule has 4 nitrogen and oxygen atoms in total. The average Bonchev–Trinajstić information content (AvgIpc) is 2.83. The monoisotopic (exact) mass is 546 g/mol. The van der Waals surface area contributed by atoms with E-state index in [4.69, 9.17) is 4.74 Å². The molecule has 1 aromatic rings. The fourth-order valence-electron chi connectivity index (χ4n) is 5.57. The average molecular weight is 547 g/mol. The van der Waals surface area contributed by atoms with Gasteiger partial charge in [0.25, 0.3) is 0 Å². The Bertz CT molecular complexity index is 813. The smallest absolute Gasteiger partial charge is 0.335 e. The van der Waals surface area contributed by atoms with Crippen molar-refractivity contribution in [2.24, 2.45) is 0 Å². The normalized spacial score (nSPS) is 12.3. The van der Waals surface area contributed by atoms with Gasteiger partial charge in [-0.15, -0.1) is 0 Å². The summed E-state index contributed by atoms with van der Waals surface area (Å²) in [6.07, 6.45) is 22.1. The Kier molecular flexibility index (Phi) is 17.0. The van der Waals surface area contributed by atoms with Crippen LogP contribution in [0, 0.1) is 0 Å². The number of unbranched alkanes of at least 4 members (excludes halogenated alkanes) is 15. The first-order valence-corrected chi connectivity index (χ1v) is 16.1. The number of hydrogen-bond acceptors (Lipinski definition) is 3. The molecule has 0 atom stereocenters. The molecule has 0 fully saturated rings. The van der Waals surface area contributed by atoms with Gasteiger partial charge in [0.2, 0.25) is 0 Å². The maximum Gasteiger partial charge on any atom is 0.335 e. The summed E-state index contributed by atoms with van der Waals surface area (Å²) in [5.74, 6) is -0.716. The first kappa shape index (κ1) is 35.5. The van der Waals surface area contributed by atoms with E-state index in [0.29, 0.717) is 30.8 Å². The second-order valence-corrected chi connectivity index (χ2v) is 13.6. The molecular weight excluding hydrogens is 484 g/mol. The van der Waals surface area contributed by atoms with Crippen molar-refractivity contribution in [2.75, 3.05) is 13.2 Å². The lowest BCUT2D eigenvalue weighted by Gasteiger charge is -2.30. The number of phenolic OH excluding ortho intramolecular Hbond substituents is 1. The third-order valence-corrected chi connectivity index (χ3v) is 7.83. The molecule has 0 heterocycles. The molecule has 0 aliphatic carbocycles. The van der Waals surface area contributed by atoms with E-state index in [2.05, 4.69) is 6.92 Å². The minimum atomic E-state index is -0.946. The van der Waals surface area contributed by atoms with Gasteiger partial charge in [-0.1, -0.05) is 145 Å². The number of phenols is 1. The topological polar surface area (TPSA) is 66.8 Å². The predicted molar refractivity (Wildman–Crippen MR) is 167 cm³/mol. The number of ether oxygens (including phenoxy) is 1. The second kappa shape index (κ2) is 18.7. The molecule has 2 N–H and O–H groups in total. The number of carbonyl (C=O) groups is 1. The molecule has 1 rings (SSSR count). The van der Waals surface area contributed by atoms with E-state index < -0.39 is 5.97 Å². The number of carboxylic acids is 1. The molecule has 4 heteroatoms.